The highest BCUT2D eigenvalue weighted by Gasteiger charge is 2.29. The van der Waals surface area contributed by atoms with Gasteiger partial charge in [0.1, 0.15) is 0 Å². The Morgan fingerprint density at radius 3 is 2.43 bits per heavy atom. The Hall–Kier alpha value is -0.860. The molecule has 0 aliphatic carbocycles. The van der Waals surface area contributed by atoms with Crippen molar-refractivity contribution in [1.82, 2.24) is 5.32 Å². The molecule has 1 aromatic carbocycles. The fraction of sp³-hybridized carbons (Fsp3) is 0.462. The number of rotatable bonds is 8. The Morgan fingerprint density at radius 2 is 1.86 bits per heavy atom. The minimum Gasteiger partial charge on any atom is -0.396 e. The summed E-state index contributed by atoms with van der Waals surface area (Å²) in [5.74, 6) is 1.25. The van der Waals surface area contributed by atoms with Crippen molar-refractivity contribution in [3.8, 4) is 0 Å². The van der Waals surface area contributed by atoms with E-state index >= 15 is 0 Å². The van der Waals surface area contributed by atoms with Crippen LogP contribution in [0, 0.1) is 0 Å². The maximum atomic E-state index is 12.2. The monoisotopic (exact) mass is 339 g/mol. The van der Waals surface area contributed by atoms with Gasteiger partial charge < -0.3 is 10.4 Å². The van der Waals surface area contributed by atoms with Crippen molar-refractivity contribution in [2.24, 2.45) is 0 Å². The second-order valence-electron chi connectivity index (χ2n) is 4.02. The smallest absolute Gasteiger partial charge is 0.396 e. The van der Waals surface area contributed by atoms with E-state index in [0.29, 0.717) is 12.1 Å². The van der Waals surface area contributed by atoms with Crippen LogP contribution < -0.4 is 5.32 Å². The van der Waals surface area contributed by atoms with Gasteiger partial charge in [-0.1, -0.05) is 0 Å². The van der Waals surface area contributed by atoms with Crippen LogP contribution in [0.5, 0.6) is 0 Å². The Kier molecular flexibility index (Phi) is 7.98. The summed E-state index contributed by atoms with van der Waals surface area (Å²) in [6, 6.07) is 5.32. The molecule has 1 amide bonds. The summed E-state index contributed by atoms with van der Waals surface area (Å²) in [5, 5.41) is 11.3. The number of halogens is 3. The number of aliphatic hydroxyl groups excluding tert-OH is 1. The zero-order valence-electron chi connectivity index (χ0n) is 11.2. The Labute approximate surface area is 129 Å². The molecule has 0 aliphatic heterocycles. The van der Waals surface area contributed by atoms with Crippen molar-refractivity contribution in [2.75, 3.05) is 24.7 Å². The van der Waals surface area contributed by atoms with Gasteiger partial charge in [-0.15, -0.1) is 0 Å². The molecule has 21 heavy (non-hydrogen) atoms. The van der Waals surface area contributed by atoms with Crippen molar-refractivity contribution in [2.45, 2.75) is 16.8 Å². The molecule has 0 fully saturated rings. The largest absolute Gasteiger partial charge is 0.446 e. The van der Waals surface area contributed by atoms with Crippen LogP contribution in [0.1, 0.15) is 16.8 Å². The average molecular weight is 339 g/mol. The van der Waals surface area contributed by atoms with Crippen LogP contribution in [0.4, 0.5) is 13.2 Å². The standard InChI is InChI=1S/C13H16F3NO2S2/c14-13(15,16)21-11-4-2-10(3-5-11)12(19)17-6-9-20-8-1-7-18/h2-5,18H,1,6-9H2,(H,17,19). The number of aliphatic hydroxyl groups is 1. The third kappa shape index (κ3) is 8.23. The highest BCUT2D eigenvalue weighted by Crippen LogP contribution is 2.36. The molecule has 0 saturated heterocycles. The number of carbonyl (C=O) groups excluding carboxylic acids is 1. The van der Waals surface area contributed by atoms with Gasteiger partial charge in [0, 0.05) is 29.4 Å². The molecule has 118 valence electrons. The highest BCUT2D eigenvalue weighted by molar-refractivity contribution is 8.00. The van der Waals surface area contributed by atoms with Crippen LogP contribution >= 0.6 is 23.5 Å². The summed E-state index contributed by atoms with van der Waals surface area (Å²) in [4.78, 5) is 11.8. The van der Waals surface area contributed by atoms with E-state index in [0.717, 1.165) is 17.9 Å². The molecule has 0 atom stereocenters. The number of hydrogen-bond acceptors (Lipinski definition) is 4. The SMILES string of the molecule is O=C(NCCSCCCO)c1ccc(SC(F)(F)F)cc1. The first-order valence-electron chi connectivity index (χ1n) is 6.25. The predicted molar refractivity (Wildman–Crippen MR) is 79.7 cm³/mol. The lowest BCUT2D eigenvalue weighted by Crippen LogP contribution is -2.25. The Bertz CT molecular complexity index is 438. The van der Waals surface area contributed by atoms with Gasteiger partial charge in [-0.25, -0.2) is 0 Å². The van der Waals surface area contributed by atoms with E-state index in [1.165, 1.54) is 24.3 Å². The lowest BCUT2D eigenvalue weighted by Gasteiger charge is -2.07. The number of nitrogens with one attached hydrogen (secondary N) is 1. The maximum absolute atomic E-state index is 12.2. The van der Waals surface area contributed by atoms with E-state index in [1.54, 1.807) is 11.8 Å². The van der Waals surface area contributed by atoms with Gasteiger partial charge in [0.25, 0.3) is 5.91 Å². The number of carbonyl (C=O) groups is 1. The third-order valence-corrected chi connectivity index (χ3v) is 4.14. The molecular formula is C13H16F3NO2S2. The van der Waals surface area contributed by atoms with Gasteiger partial charge >= 0.3 is 5.51 Å². The first-order chi connectivity index (χ1) is 9.92. The van der Waals surface area contributed by atoms with Crippen LogP contribution in [0.3, 0.4) is 0 Å². The number of amides is 1. The van der Waals surface area contributed by atoms with Crippen LogP contribution in [0.2, 0.25) is 0 Å². The van der Waals surface area contributed by atoms with E-state index in [1.807, 2.05) is 0 Å². The van der Waals surface area contributed by atoms with Crippen LogP contribution in [0.15, 0.2) is 29.2 Å². The maximum Gasteiger partial charge on any atom is 0.446 e. The fourth-order valence-corrected chi connectivity index (χ4v) is 2.74. The Balaban J connectivity index is 2.34. The van der Waals surface area contributed by atoms with Gasteiger partial charge in [-0.3, -0.25) is 4.79 Å². The number of thioether (sulfide) groups is 2. The zero-order chi connectivity index (χ0) is 15.7. The molecule has 0 spiro atoms. The lowest BCUT2D eigenvalue weighted by atomic mass is 10.2. The van der Waals surface area contributed by atoms with E-state index in [4.69, 9.17) is 5.11 Å². The van der Waals surface area contributed by atoms with Crippen LogP contribution in [-0.2, 0) is 0 Å². The van der Waals surface area contributed by atoms with Gasteiger partial charge in [0.2, 0.25) is 0 Å². The molecule has 0 radical (unpaired) electrons. The van der Waals surface area contributed by atoms with Gasteiger partial charge in [-0.2, -0.15) is 24.9 Å². The van der Waals surface area contributed by atoms with Gasteiger partial charge in [0.05, 0.1) is 0 Å². The summed E-state index contributed by atoms with van der Waals surface area (Å²) in [6.45, 7) is 0.635. The summed E-state index contributed by atoms with van der Waals surface area (Å²) in [6.07, 6.45) is 0.719. The fourth-order valence-electron chi connectivity index (χ4n) is 1.42. The van der Waals surface area contributed by atoms with Gasteiger partial charge in [-0.05, 0) is 48.2 Å². The molecule has 0 bridgehead atoms. The second kappa shape index (κ2) is 9.22. The zero-order valence-corrected chi connectivity index (χ0v) is 12.8. The van der Waals surface area contributed by atoms with Crippen molar-refractivity contribution < 1.29 is 23.1 Å². The molecule has 8 heteroatoms. The van der Waals surface area contributed by atoms with E-state index < -0.39 is 5.51 Å². The molecule has 0 saturated carbocycles. The van der Waals surface area contributed by atoms with Crippen LogP contribution in [-0.4, -0.2) is 41.2 Å². The summed E-state index contributed by atoms with van der Waals surface area (Å²) >= 11 is 1.42. The average Bonchev–Trinajstić information content (AvgIpc) is 2.41. The van der Waals surface area contributed by atoms with Crippen molar-refractivity contribution in [3.63, 3.8) is 0 Å². The Morgan fingerprint density at radius 1 is 1.19 bits per heavy atom. The summed E-state index contributed by atoms with van der Waals surface area (Å²) < 4.78 is 36.5. The molecule has 0 aliphatic rings. The topological polar surface area (TPSA) is 49.3 Å². The normalized spacial score (nSPS) is 11.4. The molecule has 1 aromatic rings. The first-order valence-corrected chi connectivity index (χ1v) is 8.22. The van der Waals surface area contributed by atoms with Gasteiger partial charge in [0.15, 0.2) is 0 Å². The predicted octanol–water partition coefficient (Wildman–Crippen LogP) is 3.14. The van der Waals surface area contributed by atoms with E-state index in [9.17, 15) is 18.0 Å². The first kappa shape index (κ1) is 18.2. The molecule has 0 aromatic heterocycles. The summed E-state index contributed by atoms with van der Waals surface area (Å²) in [7, 11) is 0. The van der Waals surface area contributed by atoms with Crippen molar-refractivity contribution in [1.29, 1.82) is 0 Å². The van der Waals surface area contributed by atoms with Crippen molar-refractivity contribution in [3.05, 3.63) is 29.8 Å². The minimum atomic E-state index is -4.32. The quantitative estimate of drug-likeness (QED) is 0.564. The molecule has 3 nitrogen and oxygen atoms in total. The number of hydrogen-bond donors (Lipinski definition) is 2. The lowest BCUT2D eigenvalue weighted by molar-refractivity contribution is -0.0328. The number of benzene rings is 1. The molecular weight excluding hydrogens is 323 g/mol. The minimum absolute atomic E-state index is 0.0543. The third-order valence-electron chi connectivity index (χ3n) is 2.33. The van der Waals surface area contributed by atoms with E-state index in [2.05, 4.69) is 5.32 Å². The highest BCUT2D eigenvalue weighted by atomic mass is 32.2. The summed E-state index contributed by atoms with van der Waals surface area (Å²) in [5.41, 5.74) is -3.99. The molecule has 1 rings (SSSR count). The second-order valence-corrected chi connectivity index (χ2v) is 6.38. The molecule has 2 N–H and O–H groups in total. The number of alkyl halides is 3. The van der Waals surface area contributed by atoms with Crippen molar-refractivity contribution >= 4 is 29.4 Å². The van der Waals surface area contributed by atoms with Crippen LogP contribution in [0.25, 0.3) is 0 Å². The molecule has 0 unspecified atom stereocenters. The molecule has 0 heterocycles. The van der Waals surface area contributed by atoms with E-state index in [-0.39, 0.29) is 29.2 Å².